The molecule has 136 valence electrons. The average Bonchev–Trinajstić information content (AvgIpc) is 2.58. The number of aliphatic imine (C=N–C) groups is 1. The van der Waals surface area contributed by atoms with Crippen LogP contribution in [0.3, 0.4) is 0 Å². The molecule has 0 atom stereocenters. The van der Waals surface area contributed by atoms with Crippen molar-refractivity contribution in [2.45, 2.75) is 105 Å². The van der Waals surface area contributed by atoms with Crippen molar-refractivity contribution in [3.63, 3.8) is 0 Å². The summed E-state index contributed by atoms with van der Waals surface area (Å²) in [5.41, 5.74) is 1.41. The second-order valence-electron chi connectivity index (χ2n) is 6.88. The third-order valence-corrected chi connectivity index (χ3v) is 3.50. The summed E-state index contributed by atoms with van der Waals surface area (Å²) in [5.74, 6) is 0.833. The quantitative estimate of drug-likeness (QED) is 0.371. The molecule has 0 aliphatic heterocycles. The Hall–Kier alpha value is -0.880. The molecule has 0 N–H and O–H groups in total. The summed E-state index contributed by atoms with van der Waals surface area (Å²) in [7, 11) is 1.75. The Morgan fingerprint density at radius 3 is 1.35 bits per heavy atom. The van der Waals surface area contributed by atoms with Crippen LogP contribution in [0.1, 0.15) is 105 Å². The summed E-state index contributed by atoms with van der Waals surface area (Å²) in [4.78, 5) is 3.61. The van der Waals surface area contributed by atoms with Crippen LogP contribution < -0.4 is 4.67 Å². The summed E-state index contributed by atoms with van der Waals surface area (Å²) in [5, 5.41) is 0. The molecule has 2 aliphatic carbocycles. The SMILES string of the molecule is C1CCCCC1.CC(C)C.CC=NC.CC=[N+]=C1CCCCC1. The van der Waals surface area contributed by atoms with Crippen LogP contribution in [0.4, 0.5) is 0 Å². The van der Waals surface area contributed by atoms with Crippen molar-refractivity contribution in [2.24, 2.45) is 10.9 Å². The normalized spacial score (nSPS) is 16.9. The molecule has 2 rings (SSSR count). The van der Waals surface area contributed by atoms with E-state index in [1.165, 1.54) is 76.3 Å². The van der Waals surface area contributed by atoms with Gasteiger partial charge in [0.25, 0.3) is 11.9 Å². The van der Waals surface area contributed by atoms with Crippen LogP contribution in [0.5, 0.6) is 0 Å². The predicted molar refractivity (Wildman–Crippen MR) is 110 cm³/mol. The van der Waals surface area contributed by atoms with E-state index in [4.69, 9.17) is 0 Å². The lowest BCUT2D eigenvalue weighted by Crippen LogP contribution is -2.07. The largest absolute Gasteiger partial charge is 0.301 e. The van der Waals surface area contributed by atoms with Gasteiger partial charge >= 0.3 is 0 Å². The number of rotatable bonds is 0. The minimum absolute atomic E-state index is 0.833. The molecule has 0 bridgehead atoms. The first-order valence-electron chi connectivity index (χ1n) is 9.78. The third-order valence-electron chi connectivity index (χ3n) is 3.50. The lowest BCUT2D eigenvalue weighted by Gasteiger charge is -2.05. The van der Waals surface area contributed by atoms with Crippen molar-refractivity contribution >= 4 is 18.1 Å². The highest BCUT2D eigenvalue weighted by atomic mass is 14.6. The Bertz CT molecular complexity index is 280. The molecule has 2 heteroatoms. The monoisotopic (exact) mass is 323 g/mol. The smallest absolute Gasteiger partial charge is 0.280 e. The van der Waals surface area contributed by atoms with Crippen molar-refractivity contribution < 1.29 is 0 Å². The Kier molecular flexibility index (Phi) is 22.4. The van der Waals surface area contributed by atoms with Crippen LogP contribution in [-0.4, -0.2) is 25.2 Å². The maximum atomic E-state index is 4.28. The van der Waals surface area contributed by atoms with E-state index in [2.05, 4.69) is 30.4 Å². The second kappa shape index (κ2) is 21.1. The number of hydrogen-bond acceptors (Lipinski definition) is 1. The summed E-state index contributed by atoms with van der Waals surface area (Å²) in [6, 6.07) is 0. The Morgan fingerprint density at radius 2 is 1.09 bits per heavy atom. The zero-order valence-electron chi connectivity index (χ0n) is 16.9. The Labute approximate surface area is 146 Å². The van der Waals surface area contributed by atoms with Gasteiger partial charge in [-0.25, -0.2) is 0 Å². The van der Waals surface area contributed by atoms with Crippen LogP contribution >= 0.6 is 0 Å². The topological polar surface area (TPSA) is 26.5 Å². The summed E-state index contributed by atoms with van der Waals surface area (Å²) in [6.07, 6.45) is 19.2. The van der Waals surface area contributed by atoms with E-state index < -0.39 is 0 Å². The summed E-state index contributed by atoms with van der Waals surface area (Å²) in [6.45, 7) is 10.4. The van der Waals surface area contributed by atoms with Crippen LogP contribution in [-0.2, 0) is 0 Å². The van der Waals surface area contributed by atoms with Gasteiger partial charge in [-0.05, 0) is 31.9 Å². The molecule has 2 saturated carbocycles. The van der Waals surface area contributed by atoms with Gasteiger partial charge < -0.3 is 4.99 Å². The molecule has 0 saturated heterocycles. The molecular formula is C21H43N2+. The van der Waals surface area contributed by atoms with Gasteiger partial charge in [-0.2, -0.15) is 0 Å². The van der Waals surface area contributed by atoms with Gasteiger partial charge in [0.15, 0.2) is 0 Å². The van der Waals surface area contributed by atoms with Crippen LogP contribution in [0.15, 0.2) is 4.99 Å². The number of hydrogen-bond donors (Lipinski definition) is 0. The van der Waals surface area contributed by atoms with Gasteiger partial charge in [0.05, 0.1) is 0 Å². The molecule has 0 aromatic heterocycles. The second-order valence-corrected chi connectivity index (χ2v) is 6.88. The molecule has 0 spiro atoms. The maximum absolute atomic E-state index is 4.28. The Balaban J connectivity index is 0. The molecular weight excluding hydrogens is 280 g/mol. The third kappa shape index (κ3) is 26.3. The maximum Gasteiger partial charge on any atom is 0.280 e. The van der Waals surface area contributed by atoms with E-state index in [9.17, 15) is 0 Å². The average molecular weight is 324 g/mol. The lowest BCUT2D eigenvalue weighted by atomic mass is 9.99. The minimum atomic E-state index is 0.833. The van der Waals surface area contributed by atoms with Crippen molar-refractivity contribution in [1.82, 2.24) is 4.67 Å². The molecule has 2 fully saturated rings. The highest BCUT2D eigenvalue weighted by molar-refractivity contribution is 5.86. The van der Waals surface area contributed by atoms with Crippen molar-refractivity contribution in [3.8, 4) is 0 Å². The standard InChI is InChI=1S/C8H14N.C6H12.C4H10.C3H7N/c1-2-9-8-6-4-3-5-7-8;1-2-4-6-5-3-1;1-4(2)3;1-3-4-2/h2H,3-7H2,1H3;1-6H2;4H,1-3H3;3H,1-2H3/q+1;;;. The molecule has 23 heavy (non-hydrogen) atoms. The molecule has 0 amide bonds. The van der Waals surface area contributed by atoms with Crippen molar-refractivity contribution in [2.75, 3.05) is 7.05 Å². The van der Waals surface area contributed by atoms with Crippen LogP contribution in [0, 0.1) is 5.92 Å². The fourth-order valence-corrected chi connectivity index (χ4v) is 2.33. The van der Waals surface area contributed by atoms with Gasteiger partial charge in [0, 0.05) is 26.8 Å². The molecule has 2 aliphatic rings. The highest BCUT2D eigenvalue weighted by Crippen LogP contribution is 2.15. The lowest BCUT2D eigenvalue weighted by molar-refractivity contribution is 0.504. The van der Waals surface area contributed by atoms with E-state index in [1.54, 1.807) is 13.3 Å². The molecule has 0 aromatic rings. The van der Waals surface area contributed by atoms with E-state index >= 15 is 0 Å². The van der Waals surface area contributed by atoms with Crippen molar-refractivity contribution in [1.29, 1.82) is 0 Å². The highest BCUT2D eigenvalue weighted by Gasteiger charge is 2.13. The Morgan fingerprint density at radius 1 is 0.783 bits per heavy atom. The fourth-order valence-electron chi connectivity index (χ4n) is 2.33. The van der Waals surface area contributed by atoms with Gasteiger partial charge in [0.1, 0.15) is 0 Å². The predicted octanol–water partition coefficient (Wildman–Crippen LogP) is 6.26. The van der Waals surface area contributed by atoms with E-state index in [1.807, 2.05) is 20.1 Å². The van der Waals surface area contributed by atoms with Gasteiger partial charge in [-0.15, -0.1) is 4.67 Å². The first-order chi connectivity index (χ1) is 11.1. The molecule has 0 heterocycles. The molecule has 0 radical (unpaired) electrons. The fraction of sp³-hybridized carbons (Fsp3) is 0.857. The summed E-state index contributed by atoms with van der Waals surface area (Å²) >= 11 is 0. The van der Waals surface area contributed by atoms with Crippen LogP contribution in [0.2, 0.25) is 0 Å². The zero-order chi connectivity index (χ0) is 17.8. The minimum Gasteiger partial charge on any atom is -0.301 e. The van der Waals surface area contributed by atoms with E-state index in [-0.39, 0.29) is 0 Å². The first kappa shape index (κ1) is 24.4. The zero-order valence-corrected chi connectivity index (χ0v) is 16.9. The molecule has 0 aromatic carbocycles. The first-order valence-corrected chi connectivity index (χ1v) is 9.78. The van der Waals surface area contributed by atoms with Crippen LogP contribution in [0.25, 0.3) is 0 Å². The van der Waals surface area contributed by atoms with Crippen molar-refractivity contribution in [3.05, 3.63) is 0 Å². The summed E-state index contributed by atoms with van der Waals surface area (Å²) < 4.78 is 4.28. The van der Waals surface area contributed by atoms with Gasteiger partial charge in [-0.1, -0.05) is 65.7 Å². The molecule has 0 unspecified atom stereocenters. The molecule has 2 nitrogen and oxygen atoms in total. The van der Waals surface area contributed by atoms with E-state index in [0.29, 0.717) is 0 Å². The van der Waals surface area contributed by atoms with Gasteiger partial charge in [-0.3, -0.25) is 0 Å². The van der Waals surface area contributed by atoms with Gasteiger partial charge in [0.2, 0.25) is 0 Å². The number of nitrogens with zero attached hydrogens (tertiary/aromatic N) is 2. The van der Waals surface area contributed by atoms with E-state index in [0.717, 1.165) is 5.92 Å².